The topological polar surface area (TPSA) is 70.6 Å². The quantitative estimate of drug-likeness (QED) is 0.745. The van der Waals surface area contributed by atoms with Crippen LogP contribution in [0.5, 0.6) is 0 Å². The number of hydrogen-bond donors (Lipinski definition) is 3. The van der Waals surface area contributed by atoms with Crippen molar-refractivity contribution in [2.75, 3.05) is 0 Å². The van der Waals surface area contributed by atoms with Crippen molar-refractivity contribution in [1.82, 2.24) is 10.8 Å². The van der Waals surface area contributed by atoms with Gasteiger partial charge in [-0.1, -0.05) is 19.3 Å². The minimum absolute atomic E-state index is 0.0497. The molecule has 2 aliphatic carbocycles. The molecule has 0 spiro atoms. The second-order valence-electron chi connectivity index (χ2n) is 6.73. The Labute approximate surface area is 124 Å². The molecule has 0 radical (unpaired) electrons. The minimum Gasteiger partial charge on any atom is -0.481 e. The van der Waals surface area contributed by atoms with Gasteiger partial charge in [0.1, 0.15) is 12.4 Å². The first-order valence-corrected chi connectivity index (χ1v) is 8.19. The molecule has 6 atom stereocenters. The van der Waals surface area contributed by atoms with Crippen molar-refractivity contribution in [3.05, 3.63) is 0 Å². The van der Waals surface area contributed by atoms with Gasteiger partial charge >= 0.3 is 5.97 Å². The van der Waals surface area contributed by atoms with Crippen LogP contribution < -0.4 is 10.8 Å². The van der Waals surface area contributed by atoms with Crippen molar-refractivity contribution >= 4 is 5.97 Å². The number of hydroxylamine groups is 1. The summed E-state index contributed by atoms with van der Waals surface area (Å²) < 4.78 is 14.0. The molecule has 2 saturated carbocycles. The summed E-state index contributed by atoms with van der Waals surface area (Å²) in [5.41, 5.74) is 2.98. The summed E-state index contributed by atoms with van der Waals surface area (Å²) in [7, 11) is 0. The van der Waals surface area contributed by atoms with Crippen LogP contribution in [0.15, 0.2) is 0 Å². The zero-order chi connectivity index (χ0) is 14.8. The van der Waals surface area contributed by atoms with Gasteiger partial charge in [-0.05, 0) is 38.0 Å². The first-order chi connectivity index (χ1) is 10.1. The molecule has 3 rings (SSSR count). The highest BCUT2D eigenvalue weighted by Crippen LogP contribution is 2.35. The molecule has 6 unspecified atom stereocenters. The lowest BCUT2D eigenvalue weighted by atomic mass is 9.79. The van der Waals surface area contributed by atoms with Crippen LogP contribution >= 0.6 is 0 Å². The van der Waals surface area contributed by atoms with E-state index in [1.54, 1.807) is 0 Å². The van der Waals surface area contributed by atoms with E-state index >= 15 is 0 Å². The number of rotatable bonds is 3. The number of aliphatic carboxylic acids is 1. The van der Waals surface area contributed by atoms with Crippen LogP contribution in [0.4, 0.5) is 4.39 Å². The van der Waals surface area contributed by atoms with E-state index < -0.39 is 12.1 Å². The summed E-state index contributed by atoms with van der Waals surface area (Å²) in [6.45, 7) is 0. The highest BCUT2D eigenvalue weighted by atomic mass is 19.1. The number of carboxylic acid groups (broad SMARTS) is 1. The van der Waals surface area contributed by atoms with E-state index in [9.17, 15) is 9.18 Å². The molecule has 0 bridgehead atoms. The van der Waals surface area contributed by atoms with Crippen LogP contribution in [0, 0.1) is 17.8 Å². The summed E-state index contributed by atoms with van der Waals surface area (Å²) >= 11 is 0. The Morgan fingerprint density at radius 1 is 1.14 bits per heavy atom. The fraction of sp³-hybridized carbons (Fsp3) is 0.933. The Kier molecular flexibility index (Phi) is 4.76. The third-order valence-corrected chi connectivity index (χ3v) is 5.32. The maximum atomic E-state index is 14.0. The van der Waals surface area contributed by atoms with E-state index in [1.165, 1.54) is 0 Å². The summed E-state index contributed by atoms with van der Waals surface area (Å²) in [5, 5.41) is 12.5. The fourth-order valence-corrected chi connectivity index (χ4v) is 4.04. The second-order valence-corrected chi connectivity index (χ2v) is 6.73. The van der Waals surface area contributed by atoms with Crippen LogP contribution in [-0.2, 0) is 9.63 Å². The first-order valence-electron chi connectivity index (χ1n) is 8.19. The number of carbonyl (C=O) groups is 1. The van der Waals surface area contributed by atoms with Crippen molar-refractivity contribution in [2.45, 2.75) is 69.9 Å². The average molecular weight is 300 g/mol. The van der Waals surface area contributed by atoms with Crippen LogP contribution in [0.3, 0.4) is 0 Å². The molecule has 1 aliphatic heterocycles. The van der Waals surface area contributed by atoms with E-state index in [4.69, 9.17) is 9.94 Å². The zero-order valence-corrected chi connectivity index (χ0v) is 12.3. The molecule has 0 aromatic heterocycles. The Balaban J connectivity index is 1.55. The fourth-order valence-electron chi connectivity index (χ4n) is 4.04. The van der Waals surface area contributed by atoms with Crippen molar-refractivity contribution in [1.29, 1.82) is 0 Å². The number of carboxylic acids is 1. The molecule has 0 aromatic rings. The summed E-state index contributed by atoms with van der Waals surface area (Å²) in [6.07, 6.45) is 5.73. The largest absolute Gasteiger partial charge is 0.481 e. The smallest absolute Gasteiger partial charge is 0.306 e. The molecule has 21 heavy (non-hydrogen) atoms. The standard InChI is InChI=1S/C15H25FN2O3/c16-12-7-2-1-6-11(12)14-17-13(18-21-14)9-4-3-5-10(8-9)15(19)20/h9-14,17-18H,1-8H2,(H,19,20). The Hall–Kier alpha value is -0.720. The predicted molar refractivity (Wildman–Crippen MR) is 74.9 cm³/mol. The molecular weight excluding hydrogens is 275 g/mol. The number of hydrogen-bond acceptors (Lipinski definition) is 4. The van der Waals surface area contributed by atoms with E-state index in [0.717, 1.165) is 38.5 Å². The highest BCUT2D eigenvalue weighted by Gasteiger charge is 2.41. The van der Waals surface area contributed by atoms with Crippen LogP contribution in [0.25, 0.3) is 0 Å². The van der Waals surface area contributed by atoms with E-state index in [1.807, 2.05) is 0 Å². The third kappa shape index (κ3) is 3.38. The lowest BCUT2D eigenvalue weighted by molar-refractivity contribution is -0.143. The SMILES string of the molecule is O=C(O)C1CCCC(C2NOC(C3CCCCC3F)N2)C1. The predicted octanol–water partition coefficient (Wildman–Crippen LogP) is 2.18. The summed E-state index contributed by atoms with van der Waals surface area (Å²) in [6, 6.07) is 0. The van der Waals surface area contributed by atoms with Gasteiger partial charge < -0.3 is 5.11 Å². The number of halogens is 1. The molecule has 3 aliphatic rings. The van der Waals surface area contributed by atoms with E-state index in [-0.39, 0.29) is 30.1 Å². The molecule has 3 fully saturated rings. The number of nitrogens with one attached hydrogen (secondary N) is 2. The van der Waals surface area contributed by atoms with Crippen molar-refractivity contribution in [3.8, 4) is 0 Å². The van der Waals surface area contributed by atoms with Crippen LogP contribution in [0.2, 0.25) is 0 Å². The molecule has 1 heterocycles. The Bertz CT molecular complexity index is 382. The lowest BCUT2D eigenvalue weighted by Gasteiger charge is -2.32. The average Bonchev–Trinajstić information content (AvgIpc) is 2.97. The number of alkyl halides is 1. The highest BCUT2D eigenvalue weighted by molar-refractivity contribution is 5.70. The maximum absolute atomic E-state index is 14.0. The molecule has 120 valence electrons. The van der Waals surface area contributed by atoms with Crippen molar-refractivity contribution < 1.29 is 19.1 Å². The van der Waals surface area contributed by atoms with Gasteiger partial charge in [-0.2, -0.15) is 5.48 Å². The summed E-state index contributed by atoms with van der Waals surface area (Å²) in [4.78, 5) is 16.7. The van der Waals surface area contributed by atoms with E-state index in [0.29, 0.717) is 12.8 Å². The van der Waals surface area contributed by atoms with Crippen LogP contribution in [0.1, 0.15) is 51.4 Å². The van der Waals surface area contributed by atoms with Gasteiger partial charge in [-0.15, -0.1) is 0 Å². The third-order valence-electron chi connectivity index (χ3n) is 5.32. The first kappa shape index (κ1) is 15.2. The minimum atomic E-state index is -0.796. The Morgan fingerprint density at radius 3 is 2.71 bits per heavy atom. The van der Waals surface area contributed by atoms with Crippen molar-refractivity contribution in [2.24, 2.45) is 17.8 Å². The normalized spacial score (nSPS) is 44.6. The lowest BCUT2D eigenvalue weighted by Crippen LogP contribution is -2.46. The molecule has 0 aromatic carbocycles. The second kappa shape index (κ2) is 6.58. The zero-order valence-electron chi connectivity index (χ0n) is 12.3. The molecular formula is C15H25FN2O3. The monoisotopic (exact) mass is 300 g/mol. The van der Waals surface area contributed by atoms with Gasteiger partial charge in [0.15, 0.2) is 0 Å². The van der Waals surface area contributed by atoms with Gasteiger partial charge in [0.2, 0.25) is 0 Å². The maximum Gasteiger partial charge on any atom is 0.306 e. The van der Waals surface area contributed by atoms with Gasteiger partial charge in [-0.25, -0.2) is 4.39 Å². The summed E-state index contributed by atoms with van der Waals surface area (Å²) in [5.74, 6) is -0.803. The van der Waals surface area contributed by atoms with Gasteiger partial charge in [0, 0.05) is 5.92 Å². The van der Waals surface area contributed by atoms with E-state index in [2.05, 4.69) is 10.8 Å². The molecule has 6 heteroatoms. The molecule has 5 nitrogen and oxygen atoms in total. The van der Waals surface area contributed by atoms with Gasteiger partial charge in [0.05, 0.1) is 12.1 Å². The van der Waals surface area contributed by atoms with Crippen LogP contribution in [-0.4, -0.2) is 29.6 Å². The van der Waals surface area contributed by atoms with Crippen molar-refractivity contribution in [3.63, 3.8) is 0 Å². The van der Waals surface area contributed by atoms with Gasteiger partial charge in [0.25, 0.3) is 0 Å². The molecule has 3 N–H and O–H groups in total. The molecule has 1 saturated heterocycles. The van der Waals surface area contributed by atoms with Gasteiger partial charge in [-0.3, -0.25) is 14.9 Å². The Morgan fingerprint density at radius 2 is 1.95 bits per heavy atom. The molecule has 0 amide bonds.